The van der Waals surface area contributed by atoms with Crippen molar-refractivity contribution in [3.63, 3.8) is 0 Å². The lowest BCUT2D eigenvalue weighted by Gasteiger charge is -2.05. The van der Waals surface area contributed by atoms with Crippen LogP contribution in [0.4, 0.5) is 5.82 Å². The Morgan fingerprint density at radius 2 is 2.23 bits per heavy atom. The van der Waals surface area contributed by atoms with Crippen LogP contribution >= 0.6 is 22.9 Å². The molecule has 0 atom stereocenters. The summed E-state index contributed by atoms with van der Waals surface area (Å²) in [7, 11) is -3.56. The van der Waals surface area contributed by atoms with Crippen LogP contribution in [0.3, 0.4) is 0 Å². The summed E-state index contributed by atoms with van der Waals surface area (Å²) in [6.45, 7) is 2.30. The summed E-state index contributed by atoms with van der Waals surface area (Å²) in [6, 6.07) is 2.97. The summed E-state index contributed by atoms with van der Waals surface area (Å²) < 4.78 is 28.5. The zero-order valence-corrected chi connectivity index (χ0v) is 13.9. The highest BCUT2D eigenvalue weighted by molar-refractivity contribution is 7.91. The number of thiophene rings is 1. The summed E-state index contributed by atoms with van der Waals surface area (Å²) in [4.78, 5) is 13.9. The van der Waals surface area contributed by atoms with E-state index in [0.717, 1.165) is 11.3 Å². The van der Waals surface area contributed by atoms with E-state index in [1.165, 1.54) is 18.3 Å². The Morgan fingerprint density at radius 3 is 2.77 bits per heavy atom. The van der Waals surface area contributed by atoms with Crippen molar-refractivity contribution in [1.29, 1.82) is 0 Å². The van der Waals surface area contributed by atoms with E-state index in [2.05, 4.69) is 9.71 Å². The van der Waals surface area contributed by atoms with Crippen molar-refractivity contribution in [2.24, 2.45) is 0 Å². The van der Waals surface area contributed by atoms with Crippen LogP contribution in [0.15, 0.2) is 22.5 Å². The lowest BCUT2D eigenvalue weighted by molar-refractivity contribution is -0.389. The molecule has 2 rings (SSSR count). The van der Waals surface area contributed by atoms with Crippen molar-refractivity contribution < 1.29 is 13.3 Å². The van der Waals surface area contributed by atoms with Gasteiger partial charge in [0.2, 0.25) is 15.8 Å². The second kappa shape index (κ2) is 6.73. The van der Waals surface area contributed by atoms with Crippen molar-refractivity contribution in [2.75, 3.05) is 6.54 Å². The number of nitro groups is 1. The van der Waals surface area contributed by atoms with Crippen molar-refractivity contribution in [1.82, 2.24) is 14.3 Å². The molecule has 0 aliphatic carbocycles. The van der Waals surface area contributed by atoms with Crippen LogP contribution in [-0.4, -0.2) is 29.4 Å². The summed E-state index contributed by atoms with van der Waals surface area (Å²) in [5.74, 6) is 0.297. The Morgan fingerprint density at radius 1 is 1.50 bits per heavy atom. The molecule has 1 N–H and O–H groups in total. The van der Waals surface area contributed by atoms with E-state index in [1.54, 1.807) is 11.5 Å². The van der Waals surface area contributed by atoms with Gasteiger partial charge in [-0.1, -0.05) is 11.6 Å². The minimum atomic E-state index is -3.56. The molecule has 0 amide bonds. The Bertz CT molecular complexity index is 784. The standard InChI is InChI=1S/C11H13ClN4O4S2/c1-8-14-10(16(17)18)7-15(8)6-2-5-13-22(19,20)11-4-3-9(12)21-11/h3-4,7,13H,2,5-6H2,1H3. The van der Waals surface area contributed by atoms with Gasteiger partial charge in [-0.25, -0.2) is 13.1 Å². The first kappa shape index (κ1) is 16.9. The van der Waals surface area contributed by atoms with Crippen LogP contribution in [0.5, 0.6) is 0 Å². The molecule has 0 radical (unpaired) electrons. The smallest absolute Gasteiger partial charge is 0.358 e. The van der Waals surface area contributed by atoms with Gasteiger partial charge in [-0.3, -0.25) is 0 Å². The van der Waals surface area contributed by atoms with Gasteiger partial charge in [-0.15, -0.1) is 11.3 Å². The number of imidazole rings is 1. The summed E-state index contributed by atoms with van der Waals surface area (Å²) >= 11 is 6.70. The first-order valence-corrected chi connectivity index (χ1v) is 8.90. The van der Waals surface area contributed by atoms with Gasteiger partial charge in [0, 0.05) is 20.0 Å². The van der Waals surface area contributed by atoms with Gasteiger partial charge in [-0.05, 0) is 28.5 Å². The molecule has 120 valence electrons. The topological polar surface area (TPSA) is 107 Å². The number of halogens is 1. The molecular weight excluding hydrogens is 352 g/mol. The lowest BCUT2D eigenvalue weighted by atomic mass is 10.4. The van der Waals surface area contributed by atoms with Crippen LogP contribution in [-0.2, 0) is 16.6 Å². The van der Waals surface area contributed by atoms with Crippen LogP contribution in [0.25, 0.3) is 0 Å². The van der Waals surface area contributed by atoms with Gasteiger partial charge < -0.3 is 14.7 Å². The van der Waals surface area contributed by atoms with Crippen LogP contribution in [0.2, 0.25) is 4.34 Å². The average Bonchev–Trinajstić information content (AvgIpc) is 3.02. The fourth-order valence-electron chi connectivity index (χ4n) is 1.78. The third-order valence-corrected chi connectivity index (χ3v) is 6.02. The molecule has 8 nitrogen and oxygen atoms in total. The molecule has 11 heteroatoms. The highest BCUT2D eigenvalue weighted by Crippen LogP contribution is 2.25. The van der Waals surface area contributed by atoms with E-state index < -0.39 is 14.9 Å². The lowest BCUT2D eigenvalue weighted by Crippen LogP contribution is -2.24. The van der Waals surface area contributed by atoms with Gasteiger partial charge in [0.15, 0.2) is 0 Å². The number of nitrogens with zero attached hydrogens (tertiary/aromatic N) is 3. The quantitative estimate of drug-likeness (QED) is 0.460. The number of sulfonamides is 1. The molecule has 0 aromatic carbocycles. The molecule has 0 saturated carbocycles. The molecule has 0 saturated heterocycles. The second-order valence-corrected chi connectivity index (χ2v) is 8.12. The van der Waals surface area contributed by atoms with Crippen LogP contribution in [0, 0.1) is 17.0 Å². The maximum Gasteiger partial charge on any atom is 0.381 e. The van der Waals surface area contributed by atoms with Crippen molar-refractivity contribution in [3.05, 3.63) is 38.6 Å². The molecule has 2 heterocycles. The third kappa shape index (κ3) is 4.03. The average molecular weight is 365 g/mol. The fourth-order valence-corrected chi connectivity index (χ4v) is 4.38. The number of aromatic nitrogens is 2. The number of hydrogen-bond acceptors (Lipinski definition) is 6. The normalized spacial score (nSPS) is 11.7. The Kier molecular flexibility index (Phi) is 5.16. The first-order valence-electron chi connectivity index (χ1n) is 6.23. The third-order valence-electron chi connectivity index (χ3n) is 2.83. The Balaban J connectivity index is 1.88. The number of rotatable bonds is 7. The SMILES string of the molecule is Cc1nc([N+](=O)[O-])cn1CCCNS(=O)(=O)c1ccc(Cl)s1. The van der Waals surface area contributed by atoms with E-state index in [-0.39, 0.29) is 16.6 Å². The van der Waals surface area contributed by atoms with E-state index in [1.807, 2.05) is 0 Å². The van der Waals surface area contributed by atoms with E-state index in [4.69, 9.17) is 11.6 Å². The summed E-state index contributed by atoms with van der Waals surface area (Å²) in [5.41, 5.74) is 0. The van der Waals surface area contributed by atoms with Gasteiger partial charge >= 0.3 is 5.82 Å². The molecule has 0 unspecified atom stereocenters. The highest BCUT2D eigenvalue weighted by Gasteiger charge is 2.17. The maximum atomic E-state index is 11.9. The summed E-state index contributed by atoms with van der Waals surface area (Å²) in [6.07, 6.45) is 1.82. The second-order valence-electron chi connectivity index (χ2n) is 4.41. The van der Waals surface area contributed by atoms with Gasteiger partial charge in [-0.2, -0.15) is 0 Å². The zero-order valence-electron chi connectivity index (χ0n) is 11.5. The highest BCUT2D eigenvalue weighted by atomic mass is 35.5. The summed E-state index contributed by atoms with van der Waals surface area (Å²) in [5, 5.41) is 10.6. The molecule has 0 aliphatic heterocycles. The largest absolute Gasteiger partial charge is 0.381 e. The predicted molar refractivity (Wildman–Crippen MR) is 82.8 cm³/mol. The molecular formula is C11H13ClN4O4S2. The van der Waals surface area contributed by atoms with Crippen molar-refractivity contribution >= 4 is 38.8 Å². The number of hydrogen-bond donors (Lipinski definition) is 1. The minimum absolute atomic E-state index is 0.159. The van der Waals surface area contributed by atoms with Crippen LogP contribution in [0.1, 0.15) is 12.2 Å². The predicted octanol–water partition coefficient (Wildman–Crippen LogP) is 2.18. The van der Waals surface area contributed by atoms with Crippen molar-refractivity contribution in [3.8, 4) is 0 Å². The molecule has 2 aromatic heterocycles. The van der Waals surface area contributed by atoms with E-state index in [0.29, 0.717) is 23.1 Å². The van der Waals surface area contributed by atoms with Gasteiger partial charge in [0.05, 0.1) is 4.34 Å². The zero-order chi connectivity index (χ0) is 16.3. The monoisotopic (exact) mass is 364 g/mol. The van der Waals surface area contributed by atoms with Gasteiger partial charge in [0.1, 0.15) is 10.4 Å². The van der Waals surface area contributed by atoms with E-state index >= 15 is 0 Å². The fraction of sp³-hybridized carbons (Fsp3) is 0.364. The molecule has 0 spiro atoms. The number of aryl methyl sites for hydroxylation is 2. The van der Waals surface area contributed by atoms with E-state index in [9.17, 15) is 18.5 Å². The molecule has 2 aromatic rings. The first-order chi connectivity index (χ1) is 10.3. The maximum absolute atomic E-state index is 11.9. The molecule has 0 bridgehead atoms. The molecule has 0 fully saturated rings. The van der Waals surface area contributed by atoms with Gasteiger partial charge in [0.25, 0.3) is 0 Å². The Hall–Kier alpha value is -1.49. The van der Waals surface area contributed by atoms with Crippen LogP contribution < -0.4 is 4.72 Å². The minimum Gasteiger partial charge on any atom is -0.358 e. The molecule has 0 aliphatic rings. The number of nitrogens with one attached hydrogen (secondary N) is 1. The Labute approximate surface area is 135 Å². The molecule has 22 heavy (non-hydrogen) atoms. The van der Waals surface area contributed by atoms with Crippen molar-refractivity contribution in [2.45, 2.75) is 24.1 Å².